The van der Waals surface area contributed by atoms with Crippen molar-refractivity contribution >= 4 is 34.2 Å². The van der Waals surface area contributed by atoms with Crippen LogP contribution in [0.2, 0.25) is 0 Å². The summed E-state index contributed by atoms with van der Waals surface area (Å²) in [6.45, 7) is 0. The predicted octanol–water partition coefficient (Wildman–Crippen LogP) is 4.10. The molecule has 0 spiro atoms. The van der Waals surface area contributed by atoms with E-state index >= 15 is 0 Å². The van der Waals surface area contributed by atoms with Crippen LogP contribution in [0.1, 0.15) is 16.1 Å². The first-order valence-corrected chi connectivity index (χ1v) is 6.65. The highest BCUT2D eigenvalue weighted by Gasteiger charge is 2.30. The molecule has 0 aliphatic carbocycles. The normalized spacial score (nSPS) is 11.3. The summed E-state index contributed by atoms with van der Waals surface area (Å²) in [5.41, 5.74) is -0.773. The fourth-order valence-electron chi connectivity index (χ4n) is 1.46. The molecule has 0 unspecified atom stereocenters. The minimum Gasteiger partial charge on any atom is -0.321 e. The van der Waals surface area contributed by atoms with Gasteiger partial charge in [0.1, 0.15) is 11.5 Å². The molecule has 0 fully saturated rings. The second-order valence-electron chi connectivity index (χ2n) is 4.01. The lowest BCUT2D eigenvalue weighted by Gasteiger charge is -2.08. The van der Waals surface area contributed by atoms with E-state index in [9.17, 15) is 22.4 Å². The number of halogens is 5. The number of amides is 1. The maximum absolute atomic E-state index is 13.1. The van der Waals surface area contributed by atoms with Crippen molar-refractivity contribution < 1.29 is 22.4 Å². The zero-order valence-electron chi connectivity index (χ0n) is 10.2. The van der Waals surface area contributed by atoms with Crippen LogP contribution in [0.15, 0.2) is 36.5 Å². The number of benzene rings is 1. The number of carbonyl (C=O) groups is 1. The van der Waals surface area contributed by atoms with Crippen LogP contribution < -0.4 is 5.32 Å². The number of hydrogen-bond acceptors (Lipinski definition) is 2. The summed E-state index contributed by atoms with van der Waals surface area (Å²) in [7, 11) is 0. The van der Waals surface area contributed by atoms with E-state index in [1.807, 2.05) is 0 Å². The quantitative estimate of drug-likeness (QED) is 0.599. The lowest BCUT2D eigenvalue weighted by Crippen LogP contribution is -2.15. The summed E-state index contributed by atoms with van der Waals surface area (Å²) in [6.07, 6.45) is -3.92. The zero-order chi connectivity index (χ0) is 15.6. The largest absolute Gasteiger partial charge is 0.417 e. The molecular formula is C13H7F4IN2O. The van der Waals surface area contributed by atoms with Crippen molar-refractivity contribution in [1.29, 1.82) is 0 Å². The molecule has 0 saturated heterocycles. The molecule has 2 aromatic rings. The van der Waals surface area contributed by atoms with Gasteiger partial charge in [-0.25, -0.2) is 4.39 Å². The Labute approximate surface area is 130 Å². The summed E-state index contributed by atoms with van der Waals surface area (Å²) >= 11 is 1.76. The van der Waals surface area contributed by atoms with Crippen LogP contribution in [0, 0.1) is 9.39 Å². The Kier molecular flexibility index (Phi) is 4.45. The highest BCUT2D eigenvalue weighted by Crippen LogP contribution is 2.28. The number of aromatic nitrogens is 1. The van der Waals surface area contributed by atoms with Gasteiger partial charge in [-0.15, -0.1) is 0 Å². The average molecular weight is 410 g/mol. The number of nitrogens with zero attached hydrogens (tertiary/aromatic N) is 1. The lowest BCUT2D eigenvalue weighted by atomic mass is 10.2. The molecule has 0 aliphatic rings. The van der Waals surface area contributed by atoms with Crippen LogP contribution in [0.5, 0.6) is 0 Å². The predicted molar refractivity (Wildman–Crippen MR) is 76.3 cm³/mol. The number of anilines is 1. The Morgan fingerprint density at radius 1 is 1.19 bits per heavy atom. The van der Waals surface area contributed by atoms with Gasteiger partial charge in [-0.3, -0.25) is 9.78 Å². The SMILES string of the molecule is O=C(Nc1ccc(F)c(I)c1)c1ccc(C(F)(F)F)cn1. The fraction of sp³-hybridized carbons (Fsp3) is 0.0769. The number of carbonyl (C=O) groups excluding carboxylic acids is 1. The van der Waals surface area contributed by atoms with Gasteiger partial charge in [0.2, 0.25) is 0 Å². The van der Waals surface area contributed by atoms with E-state index in [-0.39, 0.29) is 5.69 Å². The van der Waals surface area contributed by atoms with Gasteiger partial charge < -0.3 is 5.32 Å². The molecule has 0 radical (unpaired) electrons. The highest BCUT2D eigenvalue weighted by atomic mass is 127. The molecular weight excluding hydrogens is 403 g/mol. The Bertz CT molecular complexity index is 671. The van der Waals surface area contributed by atoms with Gasteiger partial charge in [0, 0.05) is 11.9 Å². The van der Waals surface area contributed by atoms with Crippen LogP contribution >= 0.6 is 22.6 Å². The average Bonchev–Trinajstić information content (AvgIpc) is 2.42. The molecule has 0 atom stereocenters. The molecule has 1 N–H and O–H groups in total. The molecule has 1 heterocycles. The molecule has 1 aromatic heterocycles. The Balaban J connectivity index is 2.15. The van der Waals surface area contributed by atoms with E-state index in [1.165, 1.54) is 18.2 Å². The topological polar surface area (TPSA) is 42.0 Å². The number of alkyl halides is 3. The number of rotatable bonds is 2. The second kappa shape index (κ2) is 5.96. The van der Waals surface area contributed by atoms with Gasteiger partial charge in [0.25, 0.3) is 5.91 Å². The number of nitrogens with one attached hydrogen (secondary N) is 1. The summed E-state index contributed by atoms with van der Waals surface area (Å²) in [5.74, 6) is -1.10. The van der Waals surface area contributed by atoms with Gasteiger partial charge in [-0.05, 0) is 52.9 Å². The summed E-state index contributed by atoms with van der Waals surface area (Å²) < 4.78 is 50.5. The van der Waals surface area contributed by atoms with E-state index in [1.54, 1.807) is 22.6 Å². The molecule has 2 rings (SSSR count). The van der Waals surface area contributed by atoms with E-state index in [0.29, 0.717) is 15.5 Å². The summed E-state index contributed by atoms with van der Waals surface area (Å²) in [4.78, 5) is 15.3. The molecule has 0 aliphatic heterocycles. The summed E-state index contributed by atoms with van der Waals surface area (Å²) in [6, 6.07) is 5.68. The first kappa shape index (κ1) is 15.7. The third-order valence-corrected chi connectivity index (χ3v) is 3.33. The smallest absolute Gasteiger partial charge is 0.321 e. The van der Waals surface area contributed by atoms with Gasteiger partial charge in [-0.1, -0.05) is 0 Å². The van der Waals surface area contributed by atoms with Gasteiger partial charge in [0.05, 0.1) is 9.13 Å². The number of pyridine rings is 1. The molecule has 21 heavy (non-hydrogen) atoms. The highest BCUT2D eigenvalue weighted by molar-refractivity contribution is 14.1. The van der Waals surface area contributed by atoms with E-state index in [0.717, 1.165) is 12.1 Å². The van der Waals surface area contributed by atoms with Crippen LogP contribution in [-0.2, 0) is 6.18 Å². The van der Waals surface area contributed by atoms with E-state index in [2.05, 4.69) is 10.3 Å². The van der Waals surface area contributed by atoms with Crippen LogP contribution in [0.4, 0.5) is 23.2 Å². The zero-order valence-corrected chi connectivity index (χ0v) is 12.4. The van der Waals surface area contributed by atoms with Crippen molar-refractivity contribution in [1.82, 2.24) is 4.98 Å². The molecule has 0 bridgehead atoms. The second-order valence-corrected chi connectivity index (χ2v) is 5.18. The Morgan fingerprint density at radius 3 is 2.43 bits per heavy atom. The van der Waals surface area contributed by atoms with Gasteiger partial charge in [0.15, 0.2) is 0 Å². The molecule has 110 valence electrons. The molecule has 1 aromatic carbocycles. The van der Waals surface area contributed by atoms with Crippen molar-refractivity contribution in [2.45, 2.75) is 6.18 Å². The summed E-state index contributed by atoms with van der Waals surface area (Å²) in [5, 5.41) is 2.43. The van der Waals surface area contributed by atoms with E-state index < -0.39 is 23.5 Å². The van der Waals surface area contributed by atoms with Gasteiger partial charge >= 0.3 is 6.18 Å². The Hall–Kier alpha value is -1.71. The third kappa shape index (κ3) is 3.90. The Morgan fingerprint density at radius 2 is 1.90 bits per heavy atom. The van der Waals surface area contributed by atoms with Crippen LogP contribution in [0.3, 0.4) is 0 Å². The molecule has 1 amide bonds. The first-order valence-electron chi connectivity index (χ1n) is 5.57. The van der Waals surface area contributed by atoms with Crippen LogP contribution in [0.25, 0.3) is 0 Å². The fourth-order valence-corrected chi connectivity index (χ4v) is 1.98. The maximum Gasteiger partial charge on any atom is 0.417 e. The molecule has 3 nitrogen and oxygen atoms in total. The first-order chi connectivity index (χ1) is 9.77. The van der Waals surface area contributed by atoms with Crippen LogP contribution in [-0.4, -0.2) is 10.9 Å². The molecule has 0 saturated carbocycles. The maximum atomic E-state index is 13.1. The minimum atomic E-state index is -4.50. The monoisotopic (exact) mass is 410 g/mol. The standard InChI is InChI=1S/C13H7F4IN2O/c14-9-3-2-8(5-10(9)18)20-12(21)11-4-1-7(6-19-11)13(15,16)17/h1-6H,(H,20,21). The van der Waals surface area contributed by atoms with Crippen molar-refractivity contribution in [2.24, 2.45) is 0 Å². The van der Waals surface area contributed by atoms with Crippen molar-refractivity contribution in [2.75, 3.05) is 5.32 Å². The van der Waals surface area contributed by atoms with Crippen molar-refractivity contribution in [3.63, 3.8) is 0 Å². The molecule has 8 heteroatoms. The lowest BCUT2D eigenvalue weighted by molar-refractivity contribution is -0.137. The third-order valence-electron chi connectivity index (χ3n) is 2.50. The van der Waals surface area contributed by atoms with Gasteiger partial charge in [-0.2, -0.15) is 13.2 Å². The van der Waals surface area contributed by atoms with Crippen molar-refractivity contribution in [3.05, 3.63) is 57.2 Å². The van der Waals surface area contributed by atoms with E-state index in [4.69, 9.17) is 0 Å². The van der Waals surface area contributed by atoms with Crippen molar-refractivity contribution in [3.8, 4) is 0 Å². The minimum absolute atomic E-state index is 0.165. The number of hydrogen-bond donors (Lipinski definition) is 1.